The van der Waals surface area contributed by atoms with Crippen molar-refractivity contribution < 1.29 is 14.3 Å². The van der Waals surface area contributed by atoms with Crippen LogP contribution < -0.4 is 20.7 Å². The molecular weight excluding hydrogens is 246 g/mol. The zero-order valence-electron chi connectivity index (χ0n) is 11.0. The van der Waals surface area contributed by atoms with E-state index in [4.69, 9.17) is 10.5 Å². The fourth-order valence-corrected chi connectivity index (χ4v) is 1.99. The number of hydrogen-bond acceptors (Lipinski definition) is 5. The number of ether oxygens (including phenoxy) is 1. The van der Waals surface area contributed by atoms with Crippen molar-refractivity contribution >= 4 is 17.5 Å². The number of imide groups is 1. The lowest BCUT2D eigenvalue weighted by molar-refractivity contribution is -0.131. The van der Waals surface area contributed by atoms with Crippen molar-refractivity contribution in [3.63, 3.8) is 0 Å². The number of nitrogens with two attached hydrogens (primary N) is 1. The average Bonchev–Trinajstić information content (AvgIpc) is 2.40. The second-order valence-electron chi connectivity index (χ2n) is 4.36. The maximum absolute atomic E-state index is 12.1. The molecule has 1 aliphatic heterocycles. The minimum Gasteiger partial charge on any atom is -0.479 e. The second-order valence-corrected chi connectivity index (χ2v) is 4.36. The molecule has 0 radical (unpaired) electrons. The Morgan fingerprint density at radius 1 is 1.53 bits per heavy atom. The van der Waals surface area contributed by atoms with E-state index < -0.39 is 6.10 Å². The smallest absolute Gasteiger partial charge is 0.274 e. The molecule has 1 aliphatic rings. The van der Waals surface area contributed by atoms with Crippen molar-refractivity contribution in [3.8, 4) is 5.75 Å². The number of fused-ring (bicyclic) bond motifs is 1. The lowest BCUT2D eigenvalue weighted by Gasteiger charge is -2.31. The Bertz CT molecular complexity index is 516. The summed E-state index contributed by atoms with van der Waals surface area (Å²) in [7, 11) is 1.66. The quantitative estimate of drug-likeness (QED) is 0.802. The molecule has 102 valence electrons. The Morgan fingerprint density at radius 3 is 2.89 bits per heavy atom. The van der Waals surface area contributed by atoms with Gasteiger partial charge in [0.15, 0.2) is 6.10 Å². The number of likely N-dealkylation sites (N-methyl/N-ethyl adjacent to an activating group) is 1. The van der Waals surface area contributed by atoms with Crippen LogP contribution in [0, 0.1) is 0 Å². The molecule has 0 fully saturated rings. The van der Waals surface area contributed by atoms with Gasteiger partial charge in [-0.15, -0.1) is 0 Å². The summed E-state index contributed by atoms with van der Waals surface area (Å²) in [5.41, 5.74) is 6.89. The maximum Gasteiger partial charge on any atom is 0.274 e. The number of benzene rings is 1. The number of carbonyl (C=O) groups excluding carboxylic acids is 2. The number of nitrogens with one attached hydrogen (secondary N) is 1. The highest BCUT2D eigenvalue weighted by molar-refractivity contribution is 6.18. The standard InChI is InChI=1S/C13H17N3O3/c1-8-13(18)16(12(17)7-15-2)10-5-9(6-14)3-4-11(10)19-8/h3-5,8,15H,6-7,14H2,1-2H3. The molecule has 0 aliphatic carbocycles. The second kappa shape index (κ2) is 5.38. The van der Waals surface area contributed by atoms with E-state index in [0.717, 1.165) is 5.56 Å². The molecule has 0 bridgehead atoms. The van der Waals surface area contributed by atoms with E-state index in [9.17, 15) is 9.59 Å². The number of carbonyl (C=O) groups is 2. The lowest BCUT2D eigenvalue weighted by atomic mass is 10.1. The molecule has 3 N–H and O–H groups in total. The molecule has 2 amide bonds. The molecule has 6 nitrogen and oxygen atoms in total. The van der Waals surface area contributed by atoms with Crippen LogP contribution >= 0.6 is 0 Å². The molecule has 0 saturated heterocycles. The van der Waals surface area contributed by atoms with Crippen LogP contribution in [0.3, 0.4) is 0 Å². The van der Waals surface area contributed by atoms with Gasteiger partial charge in [-0.05, 0) is 31.7 Å². The SMILES string of the molecule is CNCC(=O)N1C(=O)C(C)Oc2ccc(CN)cc21. The lowest BCUT2D eigenvalue weighted by Crippen LogP contribution is -2.50. The highest BCUT2D eigenvalue weighted by Crippen LogP contribution is 2.34. The number of amides is 2. The minimum atomic E-state index is -0.669. The van der Waals surface area contributed by atoms with Crippen molar-refractivity contribution in [2.75, 3.05) is 18.5 Å². The third-order valence-corrected chi connectivity index (χ3v) is 2.95. The van der Waals surface area contributed by atoms with Crippen molar-refractivity contribution in [2.45, 2.75) is 19.6 Å². The van der Waals surface area contributed by atoms with E-state index in [1.807, 2.05) is 6.07 Å². The zero-order valence-corrected chi connectivity index (χ0v) is 11.0. The normalized spacial score (nSPS) is 17.9. The summed E-state index contributed by atoms with van der Waals surface area (Å²) in [4.78, 5) is 25.4. The molecule has 1 aromatic carbocycles. The van der Waals surface area contributed by atoms with E-state index in [1.165, 1.54) is 4.90 Å². The molecule has 6 heteroatoms. The topological polar surface area (TPSA) is 84.7 Å². The Hall–Kier alpha value is -1.92. The van der Waals surface area contributed by atoms with Gasteiger partial charge in [-0.1, -0.05) is 6.07 Å². The first-order valence-electron chi connectivity index (χ1n) is 6.09. The van der Waals surface area contributed by atoms with Crippen molar-refractivity contribution in [3.05, 3.63) is 23.8 Å². The highest BCUT2D eigenvalue weighted by atomic mass is 16.5. The van der Waals surface area contributed by atoms with Crippen LogP contribution in [-0.2, 0) is 16.1 Å². The van der Waals surface area contributed by atoms with Crippen molar-refractivity contribution in [2.24, 2.45) is 5.73 Å². The molecule has 0 aromatic heterocycles. The molecule has 1 atom stereocenters. The monoisotopic (exact) mass is 263 g/mol. The fraction of sp³-hybridized carbons (Fsp3) is 0.385. The van der Waals surface area contributed by atoms with Gasteiger partial charge in [-0.2, -0.15) is 0 Å². The predicted molar refractivity (Wildman–Crippen MR) is 70.8 cm³/mol. The van der Waals surface area contributed by atoms with Crippen LogP contribution in [0.25, 0.3) is 0 Å². The minimum absolute atomic E-state index is 0.0880. The van der Waals surface area contributed by atoms with Crippen LogP contribution in [0.5, 0.6) is 5.75 Å². The first-order valence-corrected chi connectivity index (χ1v) is 6.09. The summed E-state index contributed by atoms with van der Waals surface area (Å²) in [5.74, 6) is -0.145. The average molecular weight is 263 g/mol. The zero-order chi connectivity index (χ0) is 14.0. The molecule has 1 heterocycles. The molecule has 1 aromatic rings. The van der Waals surface area contributed by atoms with Gasteiger partial charge in [-0.3, -0.25) is 9.59 Å². The van der Waals surface area contributed by atoms with Crippen LogP contribution in [0.1, 0.15) is 12.5 Å². The van der Waals surface area contributed by atoms with E-state index >= 15 is 0 Å². The summed E-state index contributed by atoms with van der Waals surface area (Å²) >= 11 is 0. The predicted octanol–water partition coefficient (Wildman–Crippen LogP) is 0.00520. The summed E-state index contributed by atoms with van der Waals surface area (Å²) in [6, 6.07) is 5.27. The molecule has 0 spiro atoms. The first-order chi connectivity index (χ1) is 9.08. The Labute approximate surface area is 111 Å². The third-order valence-electron chi connectivity index (χ3n) is 2.95. The van der Waals surface area contributed by atoms with Gasteiger partial charge in [0.05, 0.1) is 12.2 Å². The molecule has 19 heavy (non-hydrogen) atoms. The Balaban J connectivity index is 2.47. The van der Waals surface area contributed by atoms with Crippen LogP contribution in [0.2, 0.25) is 0 Å². The van der Waals surface area contributed by atoms with Gasteiger partial charge < -0.3 is 15.8 Å². The maximum atomic E-state index is 12.1. The molecule has 2 rings (SSSR count). The first kappa shape index (κ1) is 13.5. The number of hydrogen-bond donors (Lipinski definition) is 2. The molecule has 0 saturated carbocycles. The largest absolute Gasteiger partial charge is 0.479 e. The Morgan fingerprint density at radius 2 is 2.26 bits per heavy atom. The molecular formula is C13H17N3O3. The van der Waals surface area contributed by atoms with E-state index in [1.54, 1.807) is 26.1 Å². The summed E-state index contributed by atoms with van der Waals surface area (Å²) in [5, 5.41) is 2.75. The highest BCUT2D eigenvalue weighted by Gasteiger charge is 2.35. The summed E-state index contributed by atoms with van der Waals surface area (Å²) in [6.45, 7) is 2.05. The van der Waals surface area contributed by atoms with Crippen molar-refractivity contribution in [1.82, 2.24) is 5.32 Å². The van der Waals surface area contributed by atoms with E-state index in [0.29, 0.717) is 18.0 Å². The van der Waals surface area contributed by atoms with E-state index in [-0.39, 0.29) is 18.4 Å². The third kappa shape index (κ3) is 2.45. The fourth-order valence-electron chi connectivity index (χ4n) is 1.99. The van der Waals surface area contributed by atoms with Gasteiger partial charge in [0, 0.05) is 6.54 Å². The number of anilines is 1. The van der Waals surface area contributed by atoms with Crippen molar-refractivity contribution in [1.29, 1.82) is 0 Å². The van der Waals surface area contributed by atoms with E-state index in [2.05, 4.69) is 5.32 Å². The number of nitrogens with zero attached hydrogens (tertiary/aromatic N) is 1. The van der Waals surface area contributed by atoms with Gasteiger partial charge in [0.2, 0.25) is 5.91 Å². The Kier molecular flexibility index (Phi) is 3.82. The molecule has 1 unspecified atom stereocenters. The van der Waals surface area contributed by atoms with Crippen LogP contribution in [-0.4, -0.2) is 31.5 Å². The van der Waals surface area contributed by atoms with Gasteiger partial charge in [-0.25, -0.2) is 4.90 Å². The van der Waals surface area contributed by atoms with Gasteiger partial charge in [0.1, 0.15) is 5.75 Å². The summed E-state index contributed by atoms with van der Waals surface area (Å²) in [6.07, 6.45) is -0.669. The van der Waals surface area contributed by atoms with Gasteiger partial charge >= 0.3 is 0 Å². The number of rotatable bonds is 3. The summed E-state index contributed by atoms with van der Waals surface area (Å²) < 4.78 is 5.50. The van der Waals surface area contributed by atoms with Gasteiger partial charge in [0.25, 0.3) is 5.91 Å². The van der Waals surface area contributed by atoms with Crippen LogP contribution in [0.4, 0.5) is 5.69 Å². The van der Waals surface area contributed by atoms with Crippen LogP contribution in [0.15, 0.2) is 18.2 Å².